The molecule has 2 atom stereocenters. The molecule has 0 aromatic heterocycles. The Morgan fingerprint density at radius 1 is 1.40 bits per heavy atom. The number of benzene rings is 1. The van der Waals surface area contributed by atoms with Crippen molar-refractivity contribution in [2.24, 2.45) is 5.73 Å². The van der Waals surface area contributed by atoms with Crippen molar-refractivity contribution in [3.05, 3.63) is 34.9 Å². The number of rotatable bonds is 4. The van der Waals surface area contributed by atoms with Crippen molar-refractivity contribution in [2.45, 2.75) is 32.6 Å². The standard InChI is InChI=1S/C12H19NOS/c1-9-4-5-10(2)12(6-9)8-15(14)7-11(3)13/h4-6,11H,7-8,13H2,1-3H3. The van der Waals surface area contributed by atoms with E-state index in [0.29, 0.717) is 11.5 Å². The van der Waals surface area contributed by atoms with Gasteiger partial charge in [0, 0.05) is 28.3 Å². The van der Waals surface area contributed by atoms with Gasteiger partial charge in [0.2, 0.25) is 0 Å². The summed E-state index contributed by atoms with van der Waals surface area (Å²) in [6.07, 6.45) is 0. The van der Waals surface area contributed by atoms with Crippen molar-refractivity contribution >= 4 is 10.8 Å². The van der Waals surface area contributed by atoms with Gasteiger partial charge in [-0.3, -0.25) is 4.21 Å². The summed E-state index contributed by atoms with van der Waals surface area (Å²) in [5, 5.41) is 0. The highest BCUT2D eigenvalue weighted by Gasteiger charge is 2.06. The SMILES string of the molecule is Cc1ccc(C)c(CS(=O)CC(C)N)c1. The largest absolute Gasteiger partial charge is 0.327 e. The van der Waals surface area contributed by atoms with Crippen LogP contribution in [0.25, 0.3) is 0 Å². The zero-order valence-corrected chi connectivity index (χ0v) is 10.4. The summed E-state index contributed by atoms with van der Waals surface area (Å²) in [5.74, 6) is 1.20. The minimum atomic E-state index is -0.845. The van der Waals surface area contributed by atoms with Gasteiger partial charge in [0.05, 0.1) is 0 Å². The fraction of sp³-hybridized carbons (Fsp3) is 0.500. The Labute approximate surface area is 94.3 Å². The van der Waals surface area contributed by atoms with Gasteiger partial charge in [0.1, 0.15) is 0 Å². The number of hydrogen-bond acceptors (Lipinski definition) is 2. The first kappa shape index (κ1) is 12.4. The molecule has 0 heterocycles. The fourth-order valence-corrected chi connectivity index (χ4v) is 2.84. The summed E-state index contributed by atoms with van der Waals surface area (Å²) in [5.41, 5.74) is 9.22. The highest BCUT2D eigenvalue weighted by molar-refractivity contribution is 7.84. The molecule has 3 heteroatoms. The molecular weight excluding hydrogens is 206 g/mol. The second-order valence-corrected chi connectivity index (χ2v) is 5.66. The van der Waals surface area contributed by atoms with Crippen molar-refractivity contribution in [3.8, 4) is 0 Å². The third-order valence-corrected chi connectivity index (χ3v) is 3.80. The Balaban J connectivity index is 2.71. The number of nitrogens with two attached hydrogens (primary N) is 1. The average molecular weight is 225 g/mol. The third-order valence-electron chi connectivity index (χ3n) is 2.27. The van der Waals surface area contributed by atoms with Crippen LogP contribution in [0.3, 0.4) is 0 Å². The number of aryl methyl sites for hydroxylation is 2. The Kier molecular flexibility index (Phi) is 4.48. The summed E-state index contributed by atoms with van der Waals surface area (Å²) < 4.78 is 11.7. The quantitative estimate of drug-likeness (QED) is 0.850. The van der Waals surface area contributed by atoms with Crippen molar-refractivity contribution in [1.82, 2.24) is 0 Å². The molecule has 2 unspecified atom stereocenters. The van der Waals surface area contributed by atoms with Gasteiger partial charge in [-0.2, -0.15) is 0 Å². The highest BCUT2D eigenvalue weighted by atomic mass is 32.2. The second kappa shape index (κ2) is 5.42. The van der Waals surface area contributed by atoms with Crippen LogP contribution in [0.4, 0.5) is 0 Å². The minimum Gasteiger partial charge on any atom is -0.327 e. The lowest BCUT2D eigenvalue weighted by Crippen LogP contribution is -2.23. The van der Waals surface area contributed by atoms with E-state index < -0.39 is 10.8 Å². The molecule has 2 nitrogen and oxygen atoms in total. The summed E-state index contributed by atoms with van der Waals surface area (Å²) in [6, 6.07) is 6.27. The molecule has 1 aromatic rings. The molecule has 1 aromatic carbocycles. The maximum absolute atomic E-state index is 11.7. The summed E-state index contributed by atoms with van der Waals surface area (Å²) in [7, 11) is -0.845. The molecular formula is C12H19NOS. The molecule has 2 N–H and O–H groups in total. The first-order valence-corrected chi connectivity index (χ1v) is 6.64. The predicted molar refractivity (Wildman–Crippen MR) is 66.3 cm³/mol. The van der Waals surface area contributed by atoms with Crippen molar-refractivity contribution in [3.63, 3.8) is 0 Å². The van der Waals surface area contributed by atoms with E-state index in [1.807, 2.05) is 6.92 Å². The van der Waals surface area contributed by atoms with Crippen LogP contribution >= 0.6 is 0 Å². The normalized spacial score (nSPS) is 14.9. The lowest BCUT2D eigenvalue weighted by molar-refractivity contribution is 0.676. The fourth-order valence-electron chi connectivity index (χ4n) is 1.48. The molecule has 0 aliphatic rings. The minimum absolute atomic E-state index is 0.0101. The highest BCUT2D eigenvalue weighted by Crippen LogP contribution is 2.13. The van der Waals surface area contributed by atoms with Gasteiger partial charge in [0.25, 0.3) is 0 Å². The summed E-state index contributed by atoms with van der Waals surface area (Å²) in [6.45, 7) is 6.00. The van der Waals surface area contributed by atoms with E-state index in [-0.39, 0.29) is 6.04 Å². The molecule has 0 radical (unpaired) electrons. The predicted octanol–water partition coefficient (Wildman–Crippen LogP) is 1.90. The van der Waals surface area contributed by atoms with Crippen LogP contribution in [0, 0.1) is 13.8 Å². The van der Waals surface area contributed by atoms with E-state index in [1.54, 1.807) is 0 Å². The van der Waals surface area contributed by atoms with Crippen LogP contribution in [0.15, 0.2) is 18.2 Å². The average Bonchev–Trinajstić information content (AvgIpc) is 2.10. The van der Waals surface area contributed by atoms with Crippen molar-refractivity contribution in [1.29, 1.82) is 0 Å². The maximum atomic E-state index is 11.7. The van der Waals surface area contributed by atoms with E-state index >= 15 is 0 Å². The Hall–Kier alpha value is -0.670. The lowest BCUT2D eigenvalue weighted by Gasteiger charge is -2.08. The van der Waals surface area contributed by atoms with Gasteiger partial charge in [-0.1, -0.05) is 23.8 Å². The van der Waals surface area contributed by atoms with Crippen LogP contribution in [-0.4, -0.2) is 16.0 Å². The van der Waals surface area contributed by atoms with E-state index in [9.17, 15) is 4.21 Å². The van der Waals surface area contributed by atoms with Gasteiger partial charge in [0.15, 0.2) is 0 Å². The lowest BCUT2D eigenvalue weighted by atomic mass is 10.1. The molecule has 15 heavy (non-hydrogen) atoms. The topological polar surface area (TPSA) is 43.1 Å². The molecule has 84 valence electrons. The molecule has 0 bridgehead atoms. The number of hydrogen-bond donors (Lipinski definition) is 1. The zero-order chi connectivity index (χ0) is 11.4. The third kappa shape index (κ3) is 4.14. The molecule has 1 rings (SSSR count). The van der Waals surface area contributed by atoms with Crippen LogP contribution < -0.4 is 5.73 Å². The molecule has 0 spiro atoms. The zero-order valence-electron chi connectivity index (χ0n) is 9.62. The monoisotopic (exact) mass is 225 g/mol. The molecule has 0 aliphatic carbocycles. The van der Waals surface area contributed by atoms with E-state index in [4.69, 9.17) is 5.73 Å². The smallest absolute Gasteiger partial charge is 0.0488 e. The van der Waals surface area contributed by atoms with Crippen molar-refractivity contribution < 1.29 is 4.21 Å². The van der Waals surface area contributed by atoms with Gasteiger partial charge in [-0.15, -0.1) is 0 Å². The second-order valence-electron chi connectivity index (χ2n) is 4.16. The Morgan fingerprint density at radius 3 is 2.67 bits per heavy atom. The van der Waals surface area contributed by atoms with Crippen LogP contribution in [0.5, 0.6) is 0 Å². The van der Waals surface area contributed by atoms with Gasteiger partial charge in [-0.05, 0) is 31.9 Å². The first-order chi connectivity index (χ1) is 6.99. The molecule has 0 saturated heterocycles. The summed E-state index contributed by atoms with van der Waals surface area (Å²) >= 11 is 0. The molecule has 0 fully saturated rings. The van der Waals surface area contributed by atoms with Crippen LogP contribution in [-0.2, 0) is 16.6 Å². The molecule has 0 amide bonds. The Bertz CT molecular complexity index is 361. The molecule has 0 saturated carbocycles. The van der Waals surface area contributed by atoms with E-state index in [0.717, 1.165) is 0 Å². The Morgan fingerprint density at radius 2 is 2.07 bits per heavy atom. The van der Waals surface area contributed by atoms with Gasteiger partial charge < -0.3 is 5.73 Å². The maximum Gasteiger partial charge on any atom is 0.0488 e. The van der Waals surface area contributed by atoms with Crippen molar-refractivity contribution in [2.75, 3.05) is 5.75 Å². The van der Waals surface area contributed by atoms with Gasteiger partial charge >= 0.3 is 0 Å². The molecule has 0 aliphatic heterocycles. The van der Waals surface area contributed by atoms with Gasteiger partial charge in [-0.25, -0.2) is 0 Å². The van der Waals surface area contributed by atoms with E-state index in [2.05, 4.69) is 32.0 Å². The summed E-state index contributed by atoms with van der Waals surface area (Å²) in [4.78, 5) is 0. The first-order valence-electron chi connectivity index (χ1n) is 5.15. The van der Waals surface area contributed by atoms with Crippen LogP contribution in [0.1, 0.15) is 23.6 Å². The van der Waals surface area contributed by atoms with Crippen LogP contribution in [0.2, 0.25) is 0 Å². The van der Waals surface area contributed by atoms with E-state index in [1.165, 1.54) is 16.7 Å².